The van der Waals surface area contributed by atoms with Crippen LogP contribution in [0.15, 0.2) is 48.5 Å². The minimum Gasteiger partial charge on any atom is -0.494 e. The van der Waals surface area contributed by atoms with Gasteiger partial charge in [-0.2, -0.15) is 0 Å². The lowest BCUT2D eigenvalue weighted by Crippen LogP contribution is -2.21. The Labute approximate surface area is 120 Å². The number of nitrogens with one attached hydrogen (secondary N) is 1. The summed E-state index contributed by atoms with van der Waals surface area (Å²) in [5.74, 6) is 1.52. The summed E-state index contributed by atoms with van der Waals surface area (Å²) in [6.07, 6.45) is 2.16. The molecule has 0 bridgehead atoms. The van der Waals surface area contributed by atoms with Gasteiger partial charge in [0.1, 0.15) is 5.75 Å². The maximum atomic E-state index is 5.64. The predicted molar refractivity (Wildman–Crippen MR) is 83.6 cm³/mol. The zero-order valence-corrected chi connectivity index (χ0v) is 11.9. The largest absolute Gasteiger partial charge is 0.494 e. The summed E-state index contributed by atoms with van der Waals surface area (Å²) in [5.41, 5.74) is 4.08. The number of hydrogen-bond donors (Lipinski definition) is 1. The summed E-state index contributed by atoms with van der Waals surface area (Å²) in [4.78, 5) is 0. The van der Waals surface area contributed by atoms with E-state index in [0.29, 0.717) is 5.92 Å². The quantitative estimate of drug-likeness (QED) is 0.895. The molecule has 0 saturated carbocycles. The summed E-state index contributed by atoms with van der Waals surface area (Å²) < 4.78 is 5.64. The second kappa shape index (κ2) is 6.00. The summed E-state index contributed by atoms with van der Waals surface area (Å²) >= 11 is 0. The number of benzene rings is 2. The third-order valence-corrected chi connectivity index (χ3v) is 3.85. The van der Waals surface area contributed by atoms with E-state index in [-0.39, 0.29) is 0 Å². The molecule has 0 radical (unpaired) electrons. The van der Waals surface area contributed by atoms with E-state index >= 15 is 0 Å². The number of rotatable bonds is 4. The maximum absolute atomic E-state index is 5.64. The zero-order valence-electron chi connectivity index (χ0n) is 11.9. The van der Waals surface area contributed by atoms with Crippen LogP contribution in [-0.4, -0.2) is 13.2 Å². The summed E-state index contributed by atoms with van der Waals surface area (Å²) in [5, 5.41) is 3.53. The van der Waals surface area contributed by atoms with Gasteiger partial charge in [0.2, 0.25) is 0 Å². The van der Waals surface area contributed by atoms with Crippen LogP contribution in [-0.2, 0) is 6.42 Å². The van der Waals surface area contributed by atoms with Crippen molar-refractivity contribution in [3.63, 3.8) is 0 Å². The maximum Gasteiger partial charge on any atom is 0.119 e. The van der Waals surface area contributed by atoms with Gasteiger partial charge in [0.15, 0.2) is 0 Å². The van der Waals surface area contributed by atoms with Gasteiger partial charge in [-0.15, -0.1) is 0 Å². The van der Waals surface area contributed by atoms with E-state index in [2.05, 4.69) is 60.8 Å². The van der Waals surface area contributed by atoms with Crippen LogP contribution in [0, 0.1) is 0 Å². The molecule has 3 rings (SSSR count). The molecule has 2 aromatic carbocycles. The van der Waals surface area contributed by atoms with Crippen LogP contribution in [0.25, 0.3) is 0 Å². The van der Waals surface area contributed by atoms with Crippen LogP contribution >= 0.6 is 0 Å². The first-order chi connectivity index (χ1) is 9.86. The Hall–Kier alpha value is -1.96. The van der Waals surface area contributed by atoms with Crippen molar-refractivity contribution >= 4 is 5.69 Å². The highest BCUT2D eigenvalue weighted by atomic mass is 16.5. The predicted octanol–water partition coefficient (Wildman–Crippen LogP) is 4.23. The van der Waals surface area contributed by atoms with Crippen molar-refractivity contribution in [3.8, 4) is 5.75 Å². The van der Waals surface area contributed by atoms with Crippen molar-refractivity contribution in [2.24, 2.45) is 0 Å². The van der Waals surface area contributed by atoms with Crippen LogP contribution in [0.1, 0.15) is 30.4 Å². The molecule has 0 amide bonds. The average molecular weight is 267 g/mol. The molecule has 1 atom stereocenters. The highest BCUT2D eigenvalue weighted by molar-refractivity contribution is 5.54. The van der Waals surface area contributed by atoms with Gasteiger partial charge in [-0.3, -0.25) is 0 Å². The van der Waals surface area contributed by atoms with Crippen molar-refractivity contribution in [1.29, 1.82) is 0 Å². The molecule has 2 nitrogen and oxygen atoms in total. The molecule has 0 spiro atoms. The fourth-order valence-corrected chi connectivity index (χ4v) is 2.73. The topological polar surface area (TPSA) is 21.3 Å². The second-order valence-electron chi connectivity index (χ2n) is 5.36. The number of fused-ring (bicyclic) bond motifs is 1. The van der Waals surface area contributed by atoms with E-state index < -0.39 is 0 Å². The van der Waals surface area contributed by atoms with Gasteiger partial charge in [0, 0.05) is 18.2 Å². The molecular weight excluding hydrogens is 246 g/mol. The van der Waals surface area contributed by atoms with Crippen molar-refractivity contribution in [3.05, 3.63) is 59.7 Å². The van der Waals surface area contributed by atoms with E-state index in [0.717, 1.165) is 31.7 Å². The van der Waals surface area contributed by atoms with Crippen LogP contribution in [0.4, 0.5) is 5.69 Å². The zero-order chi connectivity index (χ0) is 13.8. The third-order valence-electron chi connectivity index (χ3n) is 3.85. The Balaban J connectivity index is 1.71. The lowest BCUT2D eigenvalue weighted by molar-refractivity contribution is 0.317. The van der Waals surface area contributed by atoms with Gasteiger partial charge < -0.3 is 10.1 Å². The van der Waals surface area contributed by atoms with Crippen molar-refractivity contribution in [2.75, 3.05) is 18.5 Å². The first-order valence-electron chi connectivity index (χ1n) is 7.41. The molecule has 1 heterocycles. The normalized spacial score (nSPS) is 17.1. The molecular formula is C18H21NO. The summed E-state index contributed by atoms with van der Waals surface area (Å²) in [6, 6.07) is 17.2. The molecule has 0 aliphatic carbocycles. The van der Waals surface area contributed by atoms with Gasteiger partial charge in [0.05, 0.1) is 6.61 Å². The van der Waals surface area contributed by atoms with Gasteiger partial charge in [-0.05, 0) is 42.2 Å². The van der Waals surface area contributed by atoms with Crippen LogP contribution in [0.3, 0.4) is 0 Å². The molecule has 0 fully saturated rings. The molecule has 1 aliphatic rings. The Kier molecular flexibility index (Phi) is 3.91. The molecule has 1 aliphatic heterocycles. The third kappa shape index (κ3) is 2.79. The van der Waals surface area contributed by atoms with Crippen molar-refractivity contribution in [1.82, 2.24) is 0 Å². The molecule has 104 valence electrons. The number of para-hydroxylation sites is 1. The molecule has 20 heavy (non-hydrogen) atoms. The highest BCUT2D eigenvalue weighted by Gasteiger charge is 2.19. The van der Waals surface area contributed by atoms with Crippen molar-refractivity contribution < 1.29 is 4.74 Å². The molecule has 1 unspecified atom stereocenters. The lowest BCUT2D eigenvalue weighted by atomic mass is 9.88. The average Bonchev–Trinajstić information content (AvgIpc) is 2.53. The minimum absolute atomic E-state index is 0.546. The van der Waals surface area contributed by atoms with Crippen LogP contribution < -0.4 is 10.1 Å². The smallest absolute Gasteiger partial charge is 0.119 e. The first-order valence-corrected chi connectivity index (χ1v) is 7.41. The fourth-order valence-electron chi connectivity index (χ4n) is 2.73. The van der Waals surface area contributed by atoms with Crippen LogP contribution in [0.5, 0.6) is 5.75 Å². The summed E-state index contributed by atoms with van der Waals surface area (Å²) in [7, 11) is 0. The van der Waals surface area contributed by atoms with E-state index in [4.69, 9.17) is 4.74 Å². The molecule has 1 N–H and O–H groups in total. The Bertz CT molecular complexity index is 562. The molecule has 2 aromatic rings. The van der Waals surface area contributed by atoms with E-state index in [1.165, 1.54) is 16.8 Å². The highest BCUT2D eigenvalue weighted by Crippen LogP contribution is 2.30. The standard InChI is InChI=1S/C18H21NO/c1-2-11-20-17-9-7-14(8-10-17)16-12-15-5-3-4-6-18(15)19-13-16/h3-10,16,19H,2,11-13H2,1H3. The van der Waals surface area contributed by atoms with Gasteiger partial charge in [-0.1, -0.05) is 37.3 Å². The van der Waals surface area contributed by atoms with E-state index in [9.17, 15) is 0 Å². The SMILES string of the molecule is CCCOc1ccc(C2CNc3ccccc3C2)cc1. The molecule has 0 saturated heterocycles. The van der Waals surface area contributed by atoms with Gasteiger partial charge >= 0.3 is 0 Å². The first kappa shape index (κ1) is 13.0. The van der Waals surface area contributed by atoms with Crippen LogP contribution in [0.2, 0.25) is 0 Å². The number of hydrogen-bond acceptors (Lipinski definition) is 2. The number of anilines is 1. The van der Waals surface area contributed by atoms with Crippen molar-refractivity contribution in [2.45, 2.75) is 25.7 Å². The second-order valence-corrected chi connectivity index (χ2v) is 5.36. The Morgan fingerprint density at radius 1 is 1.10 bits per heavy atom. The monoisotopic (exact) mass is 267 g/mol. The Morgan fingerprint density at radius 2 is 1.90 bits per heavy atom. The van der Waals surface area contributed by atoms with Gasteiger partial charge in [-0.25, -0.2) is 0 Å². The fraction of sp³-hybridized carbons (Fsp3) is 0.333. The van der Waals surface area contributed by atoms with E-state index in [1.54, 1.807) is 0 Å². The minimum atomic E-state index is 0.546. The number of ether oxygens (including phenoxy) is 1. The Morgan fingerprint density at radius 3 is 2.70 bits per heavy atom. The molecule has 2 heteroatoms. The lowest BCUT2D eigenvalue weighted by Gasteiger charge is -2.26. The summed E-state index contributed by atoms with van der Waals surface area (Å²) in [6.45, 7) is 3.92. The molecule has 0 aromatic heterocycles. The van der Waals surface area contributed by atoms with E-state index in [1.807, 2.05) is 0 Å². The van der Waals surface area contributed by atoms with Gasteiger partial charge in [0.25, 0.3) is 0 Å².